The number of aromatic nitrogens is 1. The second-order valence-corrected chi connectivity index (χ2v) is 3.42. The summed E-state index contributed by atoms with van der Waals surface area (Å²) >= 11 is 3.35. The Morgan fingerprint density at radius 2 is 2.17 bits per heavy atom. The van der Waals surface area contributed by atoms with Gasteiger partial charge < -0.3 is 4.57 Å². The second kappa shape index (κ2) is 5.14. The first-order valence-corrected chi connectivity index (χ1v) is 5.18. The smallest absolute Gasteiger partial charge is 0.250 e. The van der Waals surface area contributed by atoms with E-state index in [0.29, 0.717) is 0 Å². The monoisotopic (exact) mass is 229 g/mol. The van der Waals surface area contributed by atoms with E-state index >= 15 is 0 Å². The van der Waals surface area contributed by atoms with Crippen LogP contribution in [0.5, 0.6) is 0 Å². The first-order chi connectivity index (χ1) is 5.84. The Morgan fingerprint density at radius 1 is 1.33 bits per heavy atom. The summed E-state index contributed by atoms with van der Waals surface area (Å²) in [5, 5.41) is 1.01. The molecule has 0 bridgehead atoms. The lowest BCUT2D eigenvalue weighted by molar-refractivity contribution is 0.617. The van der Waals surface area contributed by atoms with Crippen molar-refractivity contribution >= 4 is 15.9 Å². The van der Waals surface area contributed by atoms with Crippen LogP contribution in [0.25, 0.3) is 0 Å². The number of unbranched alkanes of at least 4 members (excludes halogenated alkanes) is 1. The van der Waals surface area contributed by atoms with Crippen LogP contribution in [0.2, 0.25) is 0 Å². The van der Waals surface area contributed by atoms with Crippen LogP contribution in [0.4, 0.5) is 0 Å². The van der Waals surface area contributed by atoms with E-state index in [2.05, 4.69) is 15.9 Å². The maximum absolute atomic E-state index is 11.2. The summed E-state index contributed by atoms with van der Waals surface area (Å²) in [5.74, 6) is 0. The van der Waals surface area contributed by atoms with E-state index in [0.717, 1.165) is 24.7 Å². The summed E-state index contributed by atoms with van der Waals surface area (Å²) in [7, 11) is 0. The van der Waals surface area contributed by atoms with Gasteiger partial charge in [-0.05, 0) is 18.9 Å². The molecule has 0 unspecified atom stereocenters. The molecule has 1 rings (SSSR count). The topological polar surface area (TPSA) is 22.0 Å². The van der Waals surface area contributed by atoms with Gasteiger partial charge in [-0.3, -0.25) is 4.79 Å². The number of rotatable bonds is 4. The minimum atomic E-state index is 0.0899. The third-order valence-electron chi connectivity index (χ3n) is 1.68. The van der Waals surface area contributed by atoms with Crippen molar-refractivity contribution in [3.8, 4) is 0 Å². The van der Waals surface area contributed by atoms with Crippen LogP contribution in [0.15, 0.2) is 29.2 Å². The van der Waals surface area contributed by atoms with Crippen LogP contribution in [0, 0.1) is 0 Å². The first-order valence-electron chi connectivity index (χ1n) is 4.06. The summed E-state index contributed by atoms with van der Waals surface area (Å²) in [6.45, 7) is 0.825. The van der Waals surface area contributed by atoms with Gasteiger partial charge in [0.15, 0.2) is 0 Å². The zero-order valence-corrected chi connectivity index (χ0v) is 8.46. The molecule has 0 aromatic carbocycles. The van der Waals surface area contributed by atoms with Crippen molar-refractivity contribution in [2.24, 2.45) is 0 Å². The van der Waals surface area contributed by atoms with E-state index in [9.17, 15) is 4.79 Å². The Bertz CT molecular complexity index is 282. The predicted octanol–water partition coefficient (Wildman–Crippen LogP) is 2.02. The molecule has 0 amide bonds. The fourth-order valence-electron chi connectivity index (χ4n) is 1.02. The molecule has 0 saturated carbocycles. The fourth-order valence-corrected chi connectivity index (χ4v) is 1.42. The lowest BCUT2D eigenvalue weighted by Gasteiger charge is -2.02. The summed E-state index contributed by atoms with van der Waals surface area (Å²) in [4.78, 5) is 11.2. The lowest BCUT2D eigenvalue weighted by atomic mass is 10.3. The van der Waals surface area contributed by atoms with Crippen LogP contribution in [0.3, 0.4) is 0 Å². The molecule has 1 aromatic rings. The highest BCUT2D eigenvalue weighted by Gasteiger charge is 1.92. The Labute approximate surface area is 80.3 Å². The number of pyridine rings is 1. The third-order valence-corrected chi connectivity index (χ3v) is 2.24. The summed E-state index contributed by atoms with van der Waals surface area (Å²) in [6.07, 6.45) is 3.99. The SMILES string of the molecule is O=c1ccccn1CCCCBr. The molecule has 0 fully saturated rings. The zero-order valence-electron chi connectivity index (χ0n) is 6.87. The minimum Gasteiger partial charge on any atom is -0.316 e. The second-order valence-electron chi connectivity index (χ2n) is 2.63. The Kier molecular flexibility index (Phi) is 4.08. The normalized spacial score (nSPS) is 10.1. The van der Waals surface area contributed by atoms with E-state index in [1.807, 2.05) is 12.3 Å². The van der Waals surface area contributed by atoms with E-state index in [1.165, 1.54) is 0 Å². The van der Waals surface area contributed by atoms with Gasteiger partial charge in [-0.25, -0.2) is 0 Å². The molecular formula is C9H12BrNO. The summed E-state index contributed by atoms with van der Waals surface area (Å²) < 4.78 is 1.74. The maximum atomic E-state index is 11.2. The van der Waals surface area contributed by atoms with Gasteiger partial charge in [-0.1, -0.05) is 22.0 Å². The van der Waals surface area contributed by atoms with Gasteiger partial charge in [-0.2, -0.15) is 0 Å². The highest BCUT2D eigenvalue weighted by molar-refractivity contribution is 9.09. The average Bonchev–Trinajstić information content (AvgIpc) is 2.09. The Balaban J connectivity index is 2.52. The van der Waals surface area contributed by atoms with Crippen molar-refractivity contribution in [2.75, 3.05) is 5.33 Å². The van der Waals surface area contributed by atoms with Crippen molar-refractivity contribution < 1.29 is 0 Å². The van der Waals surface area contributed by atoms with Crippen molar-refractivity contribution in [3.05, 3.63) is 34.7 Å². The highest BCUT2D eigenvalue weighted by atomic mass is 79.9. The molecule has 0 radical (unpaired) electrons. The number of hydrogen-bond donors (Lipinski definition) is 0. The predicted molar refractivity (Wildman–Crippen MR) is 53.7 cm³/mol. The molecule has 0 aliphatic carbocycles. The minimum absolute atomic E-state index is 0.0899. The van der Waals surface area contributed by atoms with Crippen molar-refractivity contribution in [1.82, 2.24) is 4.57 Å². The van der Waals surface area contributed by atoms with Crippen LogP contribution < -0.4 is 5.56 Å². The molecule has 0 N–H and O–H groups in total. The van der Waals surface area contributed by atoms with Gasteiger partial charge in [0, 0.05) is 24.1 Å². The van der Waals surface area contributed by atoms with E-state index in [1.54, 1.807) is 16.7 Å². The third kappa shape index (κ3) is 2.81. The highest BCUT2D eigenvalue weighted by Crippen LogP contribution is 1.95. The average molecular weight is 230 g/mol. The van der Waals surface area contributed by atoms with E-state index < -0.39 is 0 Å². The van der Waals surface area contributed by atoms with Crippen molar-refractivity contribution in [2.45, 2.75) is 19.4 Å². The number of nitrogens with zero attached hydrogens (tertiary/aromatic N) is 1. The number of alkyl halides is 1. The Morgan fingerprint density at radius 3 is 2.83 bits per heavy atom. The molecule has 0 saturated heterocycles. The van der Waals surface area contributed by atoms with Gasteiger partial charge in [0.05, 0.1) is 0 Å². The largest absolute Gasteiger partial charge is 0.316 e. The van der Waals surface area contributed by atoms with Crippen LogP contribution in [-0.4, -0.2) is 9.90 Å². The van der Waals surface area contributed by atoms with Crippen LogP contribution in [-0.2, 0) is 6.54 Å². The molecule has 2 nitrogen and oxygen atoms in total. The maximum Gasteiger partial charge on any atom is 0.250 e. The van der Waals surface area contributed by atoms with Crippen LogP contribution in [0.1, 0.15) is 12.8 Å². The standard InChI is InChI=1S/C9H12BrNO/c10-6-2-4-8-11-7-3-1-5-9(11)12/h1,3,5,7H,2,4,6,8H2. The summed E-state index contributed by atoms with van der Waals surface area (Å²) in [6, 6.07) is 5.24. The van der Waals surface area contributed by atoms with Gasteiger partial charge in [0.2, 0.25) is 5.56 Å². The lowest BCUT2D eigenvalue weighted by Crippen LogP contribution is -2.17. The molecule has 3 heteroatoms. The number of halogens is 1. The molecule has 1 aromatic heterocycles. The quantitative estimate of drug-likeness (QED) is 0.573. The first kappa shape index (κ1) is 9.52. The molecule has 0 spiro atoms. The Hall–Kier alpha value is -0.570. The molecular weight excluding hydrogens is 218 g/mol. The van der Waals surface area contributed by atoms with E-state index in [4.69, 9.17) is 0 Å². The van der Waals surface area contributed by atoms with Crippen molar-refractivity contribution in [3.63, 3.8) is 0 Å². The molecule has 0 aliphatic rings. The molecule has 12 heavy (non-hydrogen) atoms. The molecule has 0 atom stereocenters. The number of aryl methyl sites for hydroxylation is 1. The van der Waals surface area contributed by atoms with Gasteiger partial charge in [0.1, 0.15) is 0 Å². The van der Waals surface area contributed by atoms with Gasteiger partial charge >= 0.3 is 0 Å². The zero-order chi connectivity index (χ0) is 8.81. The number of hydrogen-bond acceptors (Lipinski definition) is 1. The van der Waals surface area contributed by atoms with Crippen LogP contribution >= 0.6 is 15.9 Å². The van der Waals surface area contributed by atoms with Gasteiger partial charge in [-0.15, -0.1) is 0 Å². The molecule has 66 valence electrons. The van der Waals surface area contributed by atoms with Crippen molar-refractivity contribution in [1.29, 1.82) is 0 Å². The molecule has 1 heterocycles. The fraction of sp³-hybridized carbons (Fsp3) is 0.444. The van der Waals surface area contributed by atoms with E-state index in [-0.39, 0.29) is 5.56 Å². The van der Waals surface area contributed by atoms with Gasteiger partial charge in [0.25, 0.3) is 0 Å². The summed E-state index contributed by atoms with van der Waals surface area (Å²) in [5.41, 5.74) is 0.0899. The molecule has 0 aliphatic heterocycles.